The lowest BCUT2D eigenvalue weighted by Crippen LogP contribution is -1.97. The van der Waals surface area contributed by atoms with Crippen LogP contribution in [0.25, 0.3) is 0 Å². The molecule has 5 nitrogen and oxygen atoms in total. The Hall–Kier alpha value is -1.60. The number of nitro groups is 1. The summed E-state index contributed by atoms with van der Waals surface area (Å²) in [5.74, 6) is 0.264. The Bertz CT molecular complexity index is 589. The third-order valence-corrected chi connectivity index (χ3v) is 3.62. The van der Waals surface area contributed by atoms with Crippen LogP contribution in [-0.2, 0) is 0 Å². The highest BCUT2D eigenvalue weighted by Crippen LogP contribution is 2.34. The van der Waals surface area contributed by atoms with Crippen LogP contribution in [0.5, 0.6) is 0 Å². The molecule has 0 unspecified atom stereocenters. The van der Waals surface area contributed by atoms with Crippen molar-refractivity contribution in [3.8, 4) is 0 Å². The van der Waals surface area contributed by atoms with Gasteiger partial charge in [0.15, 0.2) is 5.03 Å². The van der Waals surface area contributed by atoms with Crippen molar-refractivity contribution in [2.75, 3.05) is 5.73 Å². The molecule has 0 saturated heterocycles. The molecule has 0 atom stereocenters. The first kappa shape index (κ1) is 12.8. The highest BCUT2D eigenvalue weighted by molar-refractivity contribution is 9.10. The van der Waals surface area contributed by atoms with Crippen LogP contribution >= 0.6 is 27.7 Å². The van der Waals surface area contributed by atoms with Crippen molar-refractivity contribution >= 4 is 39.2 Å². The molecule has 0 fully saturated rings. The zero-order chi connectivity index (χ0) is 13.1. The Labute approximate surface area is 116 Å². The highest BCUT2D eigenvalue weighted by atomic mass is 79.9. The molecular weight excluding hydrogens is 318 g/mol. The lowest BCUT2D eigenvalue weighted by molar-refractivity contribution is -0.388. The minimum absolute atomic E-state index is 0.0443. The van der Waals surface area contributed by atoms with Gasteiger partial charge in [0.1, 0.15) is 5.82 Å². The molecular formula is C11H8BrN3O2S. The van der Waals surface area contributed by atoms with E-state index >= 15 is 0 Å². The van der Waals surface area contributed by atoms with Gasteiger partial charge in [0.25, 0.3) is 0 Å². The highest BCUT2D eigenvalue weighted by Gasteiger charge is 2.16. The molecule has 18 heavy (non-hydrogen) atoms. The number of pyridine rings is 1. The van der Waals surface area contributed by atoms with E-state index in [-0.39, 0.29) is 11.5 Å². The van der Waals surface area contributed by atoms with Crippen LogP contribution in [0.4, 0.5) is 11.5 Å². The number of anilines is 1. The Morgan fingerprint density at radius 1 is 1.22 bits per heavy atom. The minimum Gasteiger partial charge on any atom is -0.384 e. The number of hydrogen-bond donors (Lipinski definition) is 1. The van der Waals surface area contributed by atoms with Crippen molar-refractivity contribution in [3.63, 3.8) is 0 Å². The maximum atomic E-state index is 10.9. The molecule has 0 spiro atoms. The second-order valence-electron chi connectivity index (χ2n) is 3.37. The van der Waals surface area contributed by atoms with E-state index in [1.807, 2.05) is 24.3 Å². The first-order valence-electron chi connectivity index (χ1n) is 4.90. The number of rotatable bonds is 3. The normalized spacial score (nSPS) is 10.3. The Morgan fingerprint density at radius 3 is 2.50 bits per heavy atom. The van der Waals surface area contributed by atoms with Gasteiger partial charge in [-0.25, -0.2) is 4.98 Å². The fourth-order valence-electron chi connectivity index (χ4n) is 1.28. The monoisotopic (exact) mass is 325 g/mol. The summed E-state index contributed by atoms with van der Waals surface area (Å²) in [7, 11) is 0. The third-order valence-electron chi connectivity index (χ3n) is 2.09. The van der Waals surface area contributed by atoms with E-state index in [0.29, 0.717) is 5.03 Å². The van der Waals surface area contributed by atoms with Crippen LogP contribution in [0.2, 0.25) is 0 Å². The SMILES string of the molecule is Nc1ccc([N+](=O)[O-])c(Sc2ccc(Br)cc2)n1. The van der Waals surface area contributed by atoms with E-state index in [2.05, 4.69) is 20.9 Å². The molecule has 92 valence electrons. The second kappa shape index (κ2) is 5.36. The third kappa shape index (κ3) is 2.99. The molecule has 7 heteroatoms. The van der Waals surface area contributed by atoms with E-state index in [1.54, 1.807) is 0 Å². The molecule has 0 amide bonds. The average molecular weight is 326 g/mol. The minimum atomic E-state index is -0.465. The quantitative estimate of drug-likeness (QED) is 0.690. The zero-order valence-electron chi connectivity index (χ0n) is 9.04. The Balaban J connectivity index is 2.35. The number of aromatic nitrogens is 1. The fraction of sp³-hybridized carbons (Fsp3) is 0. The zero-order valence-corrected chi connectivity index (χ0v) is 11.4. The molecule has 1 aromatic heterocycles. The summed E-state index contributed by atoms with van der Waals surface area (Å²) < 4.78 is 0.946. The van der Waals surface area contributed by atoms with Gasteiger partial charge in [0.05, 0.1) is 4.92 Å². The lowest BCUT2D eigenvalue weighted by atomic mass is 10.4. The van der Waals surface area contributed by atoms with E-state index < -0.39 is 4.92 Å². The van der Waals surface area contributed by atoms with Crippen LogP contribution < -0.4 is 5.73 Å². The first-order chi connectivity index (χ1) is 8.56. The van der Waals surface area contributed by atoms with Gasteiger partial charge in [0.2, 0.25) is 0 Å². The summed E-state index contributed by atoms with van der Waals surface area (Å²) >= 11 is 4.54. The van der Waals surface area contributed by atoms with Crippen LogP contribution in [-0.4, -0.2) is 9.91 Å². The Morgan fingerprint density at radius 2 is 1.89 bits per heavy atom. The number of nitrogen functional groups attached to an aromatic ring is 1. The number of nitrogens with two attached hydrogens (primary N) is 1. The van der Waals surface area contributed by atoms with Gasteiger partial charge in [-0.05, 0) is 30.3 Å². The summed E-state index contributed by atoms with van der Waals surface area (Å²) in [6.07, 6.45) is 0. The van der Waals surface area contributed by atoms with Gasteiger partial charge >= 0.3 is 5.69 Å². The van der Waals surface area contributed by atoms with E-state index in [9.17, 15) is 10.1 Å². The van der Waals surface area contributed by atoms with Crippen molar-refractivity contribution in [2.45, 2.75) is 9.92 Å². The van der Waals surface area contributed by atoms with Crippen LogP contribution in [0.1, 0.15) is 0 Å². The molecule has 0 radical (unpaired) electrons. The van der Waals surface area contributed by atoms with E-state index in [0.717, 1.165) is 9.37 Å². The van der Waals surface area contributed by atoms with Crippen molar-refractivity contribution in [3.05, 3.63) is 51.0 Å². The molecule has 2 rings (SSSR count). The number of benzene rings is 1. The smallest absolute Gasteiger partial charge is 0.301 e. The first-order valence-corrected chi connectivity index (χ1v) is 6.51. The lowest BCUT2D eigenvalue weighted by Gasteiger charge is -2.03. The standard InChI is InChI=1S/C11H8BrN3O2S/c12-7-1-3-8(4-2-7)18-11-9(15(16)17)5-6-10(13)14-11/h1-6H,(H2,13,14). The molecule has 0 saturated carbocycles. The predicted molar refractivity (Wildman–Crippen MR) is 73.6 cm³/mol. The van der Waals surface area contributed by atoms with E-state index in [1.165, 1.54) is 23.9 Å². The molecule has 0 aliphatic heterocycles. The topological polar surface area (TPSA) is 82.0 Å². The van der Waals surface area contributed by atoms with Gasteiger partial charge in [-0.3, -0.25) is 10.1 Å². The molecule has 0 bridgehead atoms. The molecule has 1 heterocycles. The number of halogens is 1. The number of nitrogens with zero attached hydrogens (tertiary/aromatic N) is 2. The fourth-order valence-corrected chi connectivity index (χ4v) is 2.43. The second-order valence-corrected chi connectivity index (χ2v) is 5.35. The van der Waals surface area contributed by atoms with E-state index in [4.69, 9.17) is 5.73 Å². The molecule has 2 N–H and O–H groups in total. The van der Waals surface area contributed by atoms with Crippen molar-refractivity contribution in [1.29, 1.82) is 0 Å². The maximum Gasteiger partial charge on any atom is 0.301 e. The van der Waals surface area contributed by atoms with Gasteiger partial charge in [-0.15, -0.1) is 0 Å². The summed E-state index contributed by atoms with van der Waals surface area (Å²) in [5.41, 5.74) is 5.51. The average Bonchev–Trinajstić information content (AvgIpc) is 2.32. The van der Waals surface area contributed by atoms with Crippen LogP contribution in [0, 0.1) is 10.1 Å². The van der Waals surface area contributed by atoms with Crippen LogP contribution in [0.15, 0.2) is 50.8 Å². The van der Waals surface area contributed by atoms with Gasteiger partial charge in [-0.2, -0.15) is 0 Å². The van der Waals surface area contributed by atoms with Gasteiger partial charge in [-0.1, -0.05) is 27.7 Å². The maximum absolute atomic E-state index is 10.9. The number of hydrogen-bond acceptors (Lipinski definition) is 5. The van der Waals surface area contributed by atoms with Crippen LogP contribution in [0.3, 0.4) is 0 Å². The summed E-state index contributed by atoms with van der Waals surface area (Å²) in [5, 5.41) is 11.2. The van der Waals surface area contributed by atoms with Gasteiger partial charge in [0, 0.05) is 15.4 Å². The molecule has 1 aromatic carbocycles. The van der Waals surface area contributed by atoms with Crippen molar-refractivity contribution in [1.82, 2.24) is 4.98 Å². The summed E-state index contributed by atoms with van der Waals surface area (Å²) in [6, 6.07) is 10.2. The largest absolute Gasteiger partial charge is 0.384 e. The Kier molecular flexibility index (Phi) is 3.83. The molecule has 0 aliphatic rings. The van der Waals surface area contributed by atoms with Crippen molar-refractivity contribution < 1.29 is 4.92 Å². The summed E-state index contributed by atoms with van der Waals surface area (Å²) in [4.78, 5) is 15.3. The van der Waals surface area contributed by atoms with Gasteiger partial charge < -0.3 is 5.73 Å². The summed E-state index contributed by atoms with van der Waals surface area (Å²) in [6.45, 7) is 0. The molecule has 2 aromatic rings. The van der Waals surface area contributed by atoms with Crippen molar-refractivity contribution in [2.24, 2.45) is 0 Å². The predicted octanol–water partition coefficient (Wildman–Crippen LogP) is 3.49. The molecule has 0 aliphatic carbocycles.